The zero-order valence-electron chi connectivity index (χ0n) is 10.3. The Balaban J connectivity index is 2.10. The van der Waals surface area contributed by atoms with Crippen molar-refractivity contribution in [2.45, 2.75) is 39.7 Å². The van der Waals surface area contributed by atoms with Crippen molar-refractivity contribution < 1.29 is 5.11 Å². The summed E-state index contributed by atoms with van der Waals surface area (Å²) in [6.07, 6.45) is 1.40. The van der Waals surface area contributed by atoms with Crippen LogP contribution >= 0.6 is 11.6 Å². The lowest BCUT2D eigenvalue weighted by Crippen LogP contribution is -2.18. The molecule has 1 fully saturated rings. The van der Waals surface area contributed by atoms with Crippen molar-refractivity contribution in [3.63, 3.8) is 0 Å². The highest BCUT2D eigenvalue weighted by Gasteiger charge is 2.49. The van der Waals surface area contributed by atoms with Crippen molar-refractivity contribution >= 4 is 11.6 Å². The van der Waals surface area contributed by atoms with Gasteiger partial charge in [0, 0.05) is 13.5 Å². The van der Waals surface area contributed by atoms with E-state index in [0.717, 1.165) is 17.8 Å². The van der Waals surface area contributed by atoms with Gasteiger partial charge in [0.25, 0.3) is 0 Å². The smallest absolute Gasteiger partial charge is 0.0847 e. The van der Waals surface area contributed by atoms with E-state index in [-0.39, 0.29) is 6.10 Å². The molecule has 0 aromatic carbocycles. The predicted molar refractivity (Wildman–Crippen MR) is 64.6 cm³/mol. The van der Waals surface area contributed by atoms with Crippen molar-refractivity contribution in [3.8, 4) is 0 Å². The van der Waals surface area contributed by atoms with Crippen molar-refractivity contribution in [1.29, 1.82) is 0 Å². The quantitative estimate of drug-likeness (QED) is 0.884. The largest absolute Gasteiger partial charge is 0.392 e. The summed E-state index contributed by atoms with van der Waals surface area (Å²) in [6, 6.07) is 0. The van der Waals surface area contributed by atoms with Crippen molar-refractivity contribution in [2.75, 3.05) is 0 Å². The van der Waals surface area contributed by atoms with Crippen LogP contribution in [0.3, 0.4) is 0 Å². The van der Waals surface area contributed by atoms with Crippen LogP contribution in [-0.4, -0.2) is 21.0 Å². The SMILES string of the molecule is Cc1nn(C)c(CC(O)C2CC2(C)C)c1Cl. The third-order valence-corrected chi connectivity index (χ3v) is 4.21. The van der Waals surface area contributed by atoms with E-state index in [2.05, 4.69) is 18.9 Å². The molecule has 3 nitrogen and oxygen atoms in total. The molecule has 1 aromatic heterocycles. The Morgan fingerprint density at radius 2 is 2.19 bits per heavy atom. The van der Waals surface area contributed by atoms with E-state index in [1.807, 2.05) is 14.0 Å². The van der Waals surface area contributed by atoms with Gasteiger partial charge in [0.1, 0.15) is 0 Å². The Labute approximate surface area is 101 Å². The molecule has 16 heavy (non-hydrogen) atoms. The molecule has 1 heterocycles. The average Bonchev–Trinajstić information content (AvgIpc) is 2.75. The summed E-state index contributed by atoms with van der Waals surface area (Å²) < 4.78 is 1.77. The second-order valence-corrected chi connectivity index (χ2v) is 5.92. The zero-order valence-corrected chi connectivity index (χ0v) is 11.0. The first kappa shape index (κ1) is 11.9. The molecular formula is C12H19ClN2O. The van der Waals surface area contributed by atoms with Crippen LogP contribution < -0.4 is 0 Å². The Hall–Kier alpha value is -0.540. The van der Waals surface area contributed by atoms with Crippen LogP contribution in [0.15, 0.2) is 0 Å². The fraction of sp³-hybridized carbons (Fsp3) is 0.750. The lowest BCUT2D eigenvalue weighted by molar-refractivity contribution is 0.134. The van der Waals surface area contributed by atoms with Crippen molar-refractivity contribution in [1.82, 2.24) is 9.78 Å². The highest BCUT2D eigenvalue weighted by molar-refractivity contribution is 6.31. The number of aliphatic hydroxyl groups is 1. The van der Waals surface area contributed by atoms with E-state index in [4.69, 9.17) is 11.6 Å². The Morgan fingerprint density at radius 3 is 2.56 bits per heavy atom. The second kappa shape index (κ2) is 3.74. The fourth-order valence-electron chi connectivity index (χ4n) is 2.41. The lowest BCUT2D eigenvalue weighted by Gasteiger charge is -2.12. The highest BCUT2D eigenvalue weighted by Crippen LogP contribution is 2.54. The first-order chi connectivity index (χ1) is 7.33. The molecule has 1 aliphatic carbocycles. The molecule has 90 valence electrons. The summed E-state index contributed by atoms with van der Waals surface area (Å²) in [6.45, 7) is 6.27. The van der Waals surface area contributed by atoms with Crippen LogP contribution in [0.2, 0.25) is 5.02 Å². The molecule has 0 saturated heterocycles. The lowest BCUT2D eigenvalue weighted by atomic mass is 10.0. The fourth-order valence-corrected chi connectivity index (χ4v) is 2.64. The minimum Gasteiger partial charge on any atom is -0.392 e. The summed E-state index contributed by atoms with van der Waals surface area (Å²) in [5, 5.41) is 15.1. The number of aromatic nitrogens is 2. The van der Waals surface area contributed by atoms with Gasteiger partial charge in [-0.2, -0.15) is 5.10 Å². The molecule has 2 atom stereocenters. The predicted octanol–water partition coefficient (Wildman–Crippen LogP) is 2.33. The van der Waals surface area contributed by atoms with E-state index >= 15 is 0 Å². The Kier molecular flexibility index (Phi) is 2.79. The molecule has 2 rings (SSSR count). The van der Waals surface area contributed by atoms with E-state index < -0.39 is 0 Å². The molecule has 0 amide bonds. The molecule has 2 unspecified atom stereocenters. The molecule has 1 aliphatic rings. The van der Waals surface area contributed by atoms with Crippen molar-refractivity contribution in [2.24, 2.45) is 18.4 Å². The van der Waals surface area contributed by atoms with E-state index in [9.17, 15) is 5.11 Å². The molecule has 0 spiro atoms. The van der Waals surface area contributed by atoms with Gasteiger partial charge in [-0.25, -0.2) is 0 Å². The van der Waals surface area contributed by atoms with E-state index in [1.54, 1.807) is 4.68 Å². The summed E-state index contributed by atoms with van der Waals surface area (Å²) in [4.78, 5) is 0. The number of hydrogen-bond acceptors (Lipinski definition) is 2. The summed E-state index contributed by atoms with van der Waals surface area (Å²) >= 11 is 6.16. The first-order valence-electron chi connectivity index (χ1n) is 5.69. The van der Waals surface area contributed by atoms with Gasteiger partial charge in [-0.15, -0.1) is 0 Å². The minimum atomic E-state index is -0.303. The number of rotatable bonds is 3. The van der Waals surface area contributed by atoms with Gasteiger partial charge in [-0.3, -0.25) is 4.68 Å². The van der Waals surface area contributed by atoms with Gasteiger partial charge in [0.2, 0.25) is 0 Å². The zero-order chi connectivity index (χ0) is 12.1. The van der Waals surface area contributed by atoms with E-state index in [0.29, 0.717) is 22.8 Å². The highest BCUT2D eigenvalue weighted by atomic mass is 35.5. The van der Waals surface area contributed by atoms with Gasteiger partial charge >= 0.3 is 0 Å². The summed E-state index contributed by atoms with van der Waals surface area (Å²) in [7, 11) is 1.87. The topological polar surface area (TPSA) is 38.0 Å². The molecule has 1 aromatic rings. The Morgan fingerprint density at radius 1 is 1.62 bits per heavy atom. The molecule has 0 radical (unpaired) electrons. The third kappa shape index (κ3) is 1.98. The minimum absolute atomic E-state index is 0.291. The molecule has 1 saturated carbocycles. The second-order valence-electron chi connectivity index (χ2n) is 5.54. The maximum absolute atomic E-state index is 10.1. The van der Waals surface area contributed by atoms with Crippen LogP contribution in [0.5, 0.6) is 0 Å². The van der Waals surface area contributed by atoms with Crippen LogP contribution in [0.4, 0.5) is 0 Å². The number of nitrogens with zero attached hydrogens (tertiary/aromatic N) is 2. The van der Waals surface area contributed by atoms with Gasteiger partial charge in [0.15, 0.2) is 0 Å². The number of halogens is 1. The van der Waals surface area contributed by atoms with Crippen LogP contribution in [0.1, 0.15) is 31.7 Å². The van der Waals surface area contributed by atoms with Crippen molar-refractivity contribution in [3.05, 3.63) is 16.4 Å². The molecule has 4 heteroatoms. The van der Waals surface area contributed by atoms with Crippen LogP contribution in [-0.2, 0) is 13.5 Å². The molecular weight excluding hydrogens is 224 g/mol. The van der Waals surface area contributed by atoms with E-state index in [1.165, 1.54) is 0 Å². The van der Waals surface area contributed by atoms with Crippen LogP contribution in [0.25, 0.3) is 0 Å². The average molecular weight is 243 g/mol. The monoisotopic (exact) mass is 242 g/mol. The molecule has 0 aliphatic heterocycles. The first-order valence-corrected chi connectivity index (χ1v) is 6.07. The van der Waals surface area contributed by atoms with Gasteiger partial charge < -0.3 is 5.11 Å². The summed E-state index contributed by atoms with van der Waals surface area (Å²) in [5.41, 5.74) is 2.07. The third-order valence-electron chi connectivity index (χ3n) is 3.72. The molecule has 0 bridgehead atoms. The standard InChI is InChI=1S/C12H19ClN2O/c1-7-11(13)9(15(4)14-7)5-10(16)8-6-12(8,2)3/h8,10,16H,5-6H2,1-4H3. The maximum atomic E-state index is 10.1. The van der Waals surface area contributed by atoms with Crippen LogP contribution in [0, 0.1) is 18.3 Å². The van der Waals surface area contributed by atoms with Gasteiger partial charge in [-0.1, -0.05) is 25.4 Å². The summed E-state index contributed by atoms with van der Waals surface area (Å²) in [5.74, 6) is 0.402. The number of hydrogen-bond donors (Lipinski definition) is 1. The van der Waals surface area contributed by atoms with Gasteiger partial charge in [0.05, 0.1) is 22.5 Å². The normalized spacial score (nSPS) is 24.5. The maximum Gasteiger partial charge on any atom is 0.0847 e. The number of aliphatic hydroxyl groups excluding tert-OH is 1. The Bertz CT molecular complexity index is 411. The van der Waals surface area contributed by atoms with Gasteiger partial charge in [-0.05, 0) is 24.7 Å². The molecule has 1 N–H and O–H groups in total. The number of aryl methyl sites for hydroxylation is 2.